The number of aliphatic hydroxyl groups excluding tert-OH is 2. The second-order valence-corrected chi connectivity index (χ2v) is 3.89. The van der Waals surface area contributed by atoms with Gasteiger partial charge in [-0.3, -0.25) is 0 Å². The summed E-state index contributed by atoms with van der Waals surface area (Å²) in [4.78, 5) is 0. The van der Waals surface area contributed by atoms with Gasteiger partial charge in [0, 0.05) is 17.1 Å². The first-order valence-corrected chi connectivity index (χ1v) is 5.08. The van der Waals surface area contributed by atoms with E-state index in [-0.39, 0.29) is 17.1 Å². The Balaban J connectivity index is 3.06. The van der Waals surface area contributed by atoms with Crippen molar-refractivity contribution in [3.63, 3.8) is 0 Å². The predicted octanol–water partition coefficient (Wildman–Crippen LogP) is 1.71. The lowest BCUT2D eigenvalue weighted by molar-refractivity contribution is -0.137. The first-order chi connectivity index (χ1) is 7.77. The van der Waals surface area contributed by atoms with E-state index in [4.69, 9.17) is 17.3 Å². The minimum Gasteiger partial charge on any atom is -0.389 e. The summed E-state index contributed by atoms with van der Waals surface area (Å²) in [6, 6.07) is 2.51. The van der Waals surface area contributed by atoms with Gasteiger partial charge in [0.05, 0.1) is 11.7 Å². The van der Waals surface area contributed by atoms with Crippen molar-refractivity contribution in [3.8, 4) is 0 Å². The molecule has 7 heteroatoms. The van der Waals surface area contributed by atoms with Crippen molar-refractivity contribution in [1.82, 2.24) is 0 Å². The number of nitrogens with two attached hydrogens (primary N) is 1. The predicted molar refractivity (Wildman–Crippen MR) is 56.5 cm³/mol. The van der Waals surface area contributed by atoms with E-state index in [2.05, 4.69) is 0 Å². The maximum atomic E-state index is 12.3. The average Bonchev–Trinajstić information content (AvgIpc) is 2.25. The number of hydrogen-bond donors (Lipinski definition) is 3. The smallest absolute Gasteiger partial charge is 0.389 e. The fraction of sp³-hybridized carbons (Fsp3) is 0.400. The zero-order valence-electron chi connectivity index (χ0n) is 8.58. The van der Waals surface area contributed by atoms with Crippen LogP contribution in [0, 0.1) is 0 Å². The maximum absolute atomic E-state index is 12.3. The standard InChI is InChI=1S/C10H11ClF3NO2/c11-7-3-5(10(12,13)14)1-2-6(7)9(17)8(16)4-15/h1-3,8-9,16-17H,4,15H2. The molecule has 1 aromatic carbocycles. The van der Waals surface area contributed by atoms with Gasteiger partial charge in [-0.15, -0.1) is 0 Å². The van der Waals surface area contributed by atoms with E-state index in [1.165, 1.54) is 0 Å². The van der Waals surface area contributed by atoms with Crippen LogP contribution < -0.4 is 5.73 Å². The summed E-state index contributed by atoms with van der Waals surface area (Å²) >= 11 is 5.62. The SMILES string of the molecule is NCC(O)C(O)c1ccc(C(F)(F)F)cc1Cl. The summed E-state index contributed by atoms with van der Waals surface area (Å²) in [5, 5.41) is 18.6. The lowest BCUT2D eigenvalue weighted by Gasteiger charge is -2.18. The van der Waals surface area contributed by atoms with E-state index < -0.39 is 23.9 Å². The molecule has 0 amide bonds. The molecule has 0 heterocycles. The van der Waals surface area contributed by atoms with Crippen molar-refractivity contribution < 1.29 is 23.4 Å². The average molecular weight is 270 g/mol. The Morgan fingerprint density at radius 1 is 1.29 bits per heavy atom. The van der Waals surface area contributed by atoms with E-state index in [9.17, 15) is 23.4 Å². The van der Waals surface area contributed by atoms with Crippen molar-refractivity contribution in [2.45, 2.75) is 18.4 Å². The monoisotopic (exact) mass is 269 g/mol. The second-order valence-electron chi connectivity index (χ2n) is 3.48. The van der Waals surface area contributed by atoms with Crippen molar-refractivity contribution in [3.05, 3.63) is 34.3 Å². The molecule has 4 N–H and O–H groups in total. The highest BCUT2D eigenvalue weighted by molar-refractivity contribution is 6.31. The number of aliphatic hydroxyl groups is 2. The largest absolute Gasteiger partial charge is 0.416 e. The Bertz CT molecular complexity index is 398. The minimum atomic E-state index is -4.50. The molecule has 2 unspecified atom stereocenters. The van der Waals surface area contributed by atoms with E-state index >= 15 is 0 Å². The van der Waals surface area contributed by atoms with Gasteiger partial charge in [-0.1, -0.05) is 17.7 Å². The molecule has 96 valence electrons. The van der Waals surface area contributed by atoms with Gasteiger partial charge in [0.1, 0.15) is 6.10 Å². The topological polar surface area (TPSA) is 66.5 Å². The molecule has 0 aliphatic heterocycles. The molecular weight excluding hydrogens is 259 g/mol. The molecule has 17 heavy (non-hydrogen) atoms. The van der Waals surface area contributed by atoms with Crippen LogP contribution in [0.5, 0.6) is 0 Å². The Hall–Kier alpha value is -0.820. The van der Waals surface area contributed by atoms with Crippen LogP contribution in [-0.2, 0) is 6.18 Å². The Morgan fingerprint density at radius 3 is 2.29 bits per heavy atom. The Kier molecular flexibility index (Phi) is 4.37. The first-order valence-electron chi connectivity index (χ1n) is 4.70. The lowest BCUT2D eigenvalue weighted by Crippen LogP contribution is -2.27. The highest BCUT2D eigenvalue weighted by Gasteiger charge is 2.31. The second kappa shape index (κ2) is 5.22. The van der Waals surface area contributed by atoms with Crippen molar-refractivity contribution in [2.24, 2.45) is 5.73 Å². The van der Waals surface area contributed by atoms with Gasteiger partial charge in [0.25, 0.3) is 0 Å². The van der Waals surface area contributed by atoms with Gasteiger partial charge in [-0.25, -0.2) is 0 Å². The summed E-state index contributed by atoms with van der Waals surface area (Å²) in [6.07, 6.45) is -7.18. The fourth-order valence-electron chi connectivity index (χ4n) is 1.28. The molecule has 0 bridgehead atoms. The van der Waals surface area contributed by atoms with Gasteiger partial charge in [-0.05, 0) is 12.1 Å². The third-order valence-corrected chi connectivity index (χ3v) is 2.58. The Labute approximate surface area is 101 Å². The number of benzene rings is 1. The van der Waals surface area contributed by atoms with Crippen LogP contribution in [0.2, 0.25) is 5.02 Å². The van der Waals surface area contributed by atoms with Gasteiger partial charge < -0.3 is 15.9 Å². The summed E-state index contributed by atoms with van der Waals surface area (Å²) < 4.78 is 37.0. The zero-order valence-corrected chi connectivity index (χ0v) is 9.33. The molecule has 0 aromatic heterocycles. The van der Waals surface area contributed by atoms with Crippen LogP contribution in [0.3, 0.4) is 0 Å². The highest BCUT2D eigenvalue weighted by Crippen LogP contribution is 2.34. The van der Waals surface area contributed by atoms with E-state index in [0.29, 0.717) is 6.07 Å². The van der Waals surface area contributed by atoms with Crippen LogP contribution in [0.4, 0.5) is 13.2 Å². The molecule has 0 saturated heterocycles. The Morgan fingerprint density at radius 2 is 1.88 bits per heavy atom. The van der Waals surface area contributed by atoms with Crippen molar-refractivity contribution in [2.75, 3.05) is 6.54 Å². The van der Waals surface area contributed by atoms with Gasteiger partial charge in [0.2, 0.25) is 0 Å². The van der Waals surface area contributed by atoms with E-state index in [1.807, 2.05) is 0 Å². The molecule has 1 rings (SSSR count). The molecular formula is C10H11ClF3NO2. The van der Waals surface area contributed by atoms with Crippen LogP contribution >= 0.6 is 11.6 Å². The first kappa shape index (κ1) is 14.2. The third-order valence-electron chi connectivity index (χ3n) is 2.25. The molecule has 2 atom stereocenters. The summed E-state index contributed by atoms with van der Waals surface area (Å²) in [6.45, 7) is -0.224. The van der Waals surface area contributed by atoms with Gasteiger partial charge in [-0.2, -0.15) is 13.2 Å². The molecule has 1 aromatic rings. The zero-order chi connectivity index (χ0) is 13.2. The molecule has 0 saturated carbocycles. The molecule has 3 nitrogen and oxygen atoms in total. The molecule has 0 fully saturated rings. The van der Waals surface area contributed by atoms with Crippen LogP contribution in [0.15, 0.2) is 18.2 Å². The third kappa shape index (κ3) is 3.32. The van der Waals surface area contributed by atoms with Gasteiger partial charge >= 0.3 is 6.18 Å². The van der Waals surface area contributed by atoms with Crippen LogP contribution in [0.1, 0.15) is 17.2 Å². The lowest BCUT2D eigenvalue weighted by atomic mass is 10.0. The number of rotatable bonds is 3. The quantitative estimate of drug-likeness (QED) is 0.783. The maximum Gasteiger partial charge on any atom is 0.416 e. The van der Waals surface area contributed by atoms with Gasteiger partial charge in [0.15, 0.2) is 0 Å². The molecule has 0 spiro atoms. The number of halogens is 4. The highest BCUT2D eigenvalue weighted by atomic mass is 35.5. The van der Waals surface area contributed by atoms with Crippen LogP contribution in [0.25, 0.3) is 0 Å². The number of hydrogen-bond acceptors (Lipinski definition) is 3. The van der Waals surface area contributed by atoms with E-state index in [1.54, 1.807) is 0 Å². The summed E-state index contributed by atoms with van der Waals surface area (Å²) in [5.41, 5.74) is 4.22. The summed E-state index contributed by atoms with van der Waals surface area (Å²) in [5.74, 6) is 0. The molecule has 0 radical (unpaired) electrons. The normalized spacial score (nSPS) is 15.7. The fourth-order valence-corrected chi connectivity index (χ4v) is 1.57. The van der Waals surface area contributed by atoms with E-state index in [0.717, 1.165) is 12.1 Å². The van der Waals surface area contributed by atoms with Crippen LogP contribution in [-0.4, -0.2) is 22.9 Å². The number of alkyl halides is 3. The van der Waals surface area contributed by atoms with Crippen molar-refractivity contribution >= 4 is 11.6 Å². The van der Waals surface area contributed by atoms with Crippen molar-refractivity contribution in [1.29, 1.82) is 0 Å². The molecule has 0 aliphatic carbocycles. The summed E-state index contributed by atoms with van der Waals surface area (Å²) in [7, 11) is 0. The molecule has 0 aliphatic rings. The minimum absolute atomic E-state index is 0.0117.